The third-order valence-corrected chi connectivity index (χ3v) is 4.22. The van der Waals surface area contributed by atoms with Crippen LogP contribution in [0, 0.1) is 0 Å². The van der Waals surface area contributed by atoms with Crippen molar-refractivity contribution in [2.75, 3.05) is 36.5 Å². The molecule has 1 aromatic carbocycles. The normalized spacial score (nSPS) is 20.4. The van der Waals surface area contributed by atoms with Crippen LogP contribution in [0.25, 0.3) is 0 Å². The first kappa shape index (κ1) is 16.3. The van der Waals surface area contributed by atoms with Gasteiger partial charge in [0.1, 0.15) is 0 Å². The van der Waals surface area contributed by atoms with Crippen molar-refractivity contribution in [3.05, 3.63) is 54.9 Å². The number of pyridine rings is 1. The molecule has 1 unspecified atom stereocenters. The molecule has 1 aromatic heterocycles. The Hall–Kier alpha value is -3.13. The highest BCUT2D eigenvalue weighted by molar-refractivity contribution is 6.05. The van der Waals surface area contributed by atoms with Crippen molar-refractivity contribution < 1.29 is 4.74 Å². The number of benzene rings is 1. The molecule has 3 heterocycles. The minimum Gasteiger partial charge on any atom is -0.378 e. The van der Waals surface area contributed by atoms with Crippen molar-refractivity contribution in [1.29, 1.82) is 0 Å². The van der Waals surface area contributed by atoms with E-state index in [0.717, 1.165) is 30.4 Å². The minimum absolute atomic E-state index is 0.250. The Bertz CT molecular complexity index is 788. The highest BCUT2D eigenvalue weighted by Crippen LogP contribution is 2.23. The first-order chi connectivity index (χ1) is 12.8. The Balaban J connectivity index is 1.70. The average molecular weight is 351 g/mol. The summed E-state index contributed by atoms with van der Waals surface area (Å²) >= 11 is 0. The molecule has 2 aliphatic rings. The maximum atomic E-state index is 6.04. The molecule has 2 aromatic rings. The zero-order valence-electron chi connectivity index (χ0n) is 14.3. The van der Waals surface area contributed by atoms with Gasteiger partial charge < -0.3 is 20.7 Å². The number of hydrogen-bond acceptors (Lipinski definition) is 8. The number of nitrogens with two attached hydrogens (primary N) is 1. The molecule has 1 saturated heterocycles. The lowest BCUT2D eigenvalue weighted by atomic mass is 10.3. The van der Waals surface area contributed by atoms with E-state index in [2.05, 4.69) is 25.2 Å². The van der Waals surface area contributed by atoms with Gasteiger partial charge in [-0.3, -0.25) is 9.88 Å². The quantitative estimate of drug-likeness (QED) is 0.866. The second-order valence-corrected chi connectivity index (χ2v) is 5.96. The first-order valence-corrected chi connectivity index (χ1v) is 8.57. The van der Waals surface area contributed by atoms with E-state index in [1.807, 2.05) is 47.4 Å². The fraction of sp³-hybridized carbons (Fsp3) is 0.278. The van der Waals surface area contributed by atoms with Crippen LogP contribution in [0.3, 0.4) is 0 Å². The maximum Gasteiger partial charge on any atom is 0.222 e. The monoisotopic (exact) mass is 351 g/mol. The Morgan fingerprint density at radius 1 is 1.08 bits per heavy atom. The second-order valence-electron chi connectivity index (χ2n) is 5.96. The number of morpholine rings is 1. The molecule has 26 heavy (non-hydrogen) atoms. The van der Waals surface area contributed by atoms with Gasteiger partial charge in [0.05, 0.1) is 25.1 Å². The van der Waals surface area contributed by atoms with E-state index in [1.54, 1.807) is 12.4 Å². The molecule has 4 rings (SSSR count). The number of hydrogen-bond donors (Lipinski definition) is 2. The number of nitrogens with one attached hydrogen (secondary N) is 1. The van der Waals surface area contributed by atoms with Crippen LogP contribution >= 0.6 is 0 Å². The number of para-hydroxylation sites is 1. The molecule has 134 valence electrons. The standard InChI is InChI=1S/C18H21N7O/c19-16-22-17(21-14-5-2-1-3-6-14)25(15-7-4-8-20-13-15)18(23-16)24-9-11-26-12-10-24/h1-8,13,17,21H,9-12H2,(H2,19,22). The maximum absolute atomic E-state index is 6.04. The van der Waals surface area contributed by atoms with Gasteiger partial charge in [-0.05, 0) is 24.3 Å². The summed E-state index contributed by atoms with van der Waals surface area (Å²) in [6, 6.07) is 13.8. The van der Waals surface area contributed by atoms with Crippen molar-refractivity contribution in [2.24, 2.45) is 15.7 Å². The Labute approximate surface area is 152 Å². The van der Waals surface area contributed by atoms with Gasteiger partial charge in [-0.2, -0.15) is 4.99 Å². The van der Waals surface area contributed by atoms with Crippen LogP contribution in [0.5, 0.6) is 0 Å². The van der Waals surface area contributed by atoms with Crippen molar-refractivity contribution >= 4 is 23.3 Å². The van der Waals surface area contributed by atoms with Gasteiger partial charge in [0.2, 0.25) is 18.2 Å². The van der Waals surface area contributed by atoms with Crippen molar-refractivity contribution in [3.63, 3.8) is 0 Å². The molecule has 0 spiro atoms. The largest absolute Gasteiger partial charge is 0.378 e. The van der Waals surface area contributed by atoms with E-state index >= 15 is 0 Å². The summed E-state index contributed by atoms with van der Waals surface area (Å²) in [7, 11) is 0. The topological polar surface area (TPSA) is 91.4 Å². The highest BCUT2D eigenvalue weighted by Gasteiger charge is 2.32. The fourth-order valence-electron chi connectivity index (χ4n) is 3.00. The molecule has 8 nitrogen and oxygen atoms in total. The summed E-state index contributed by atoms with van der Waals surface area (Å²) in [5.41, 5.74) is 7.88. The molecular weight excluding hydrogens is 330 g/mol. The van der Waals surface area contributed by atoms with Crippen LogP contribution in [0.1, 0.15) is 0 Å². The summed E-state index contributed by atoms with van der Waals surface area (Å²) in [6.45, 7) is 2.82. The van der Waals surface area contributed by atoms with Gasteiger partial charge >= 0.3 is 0 Å². The summed E-state index contributed by atoms with van der Waals surface area (Å²) in [4.78, 5) is 17.5. The Kier molecular flexibility index (Phi) is 4.65. The molecule has 1 atom stereocenters. The molecule has 0 aliphatic carbocycles. The molecule has 1 fully saturated rings. The number of nitrogens with zero attached hydrogens (tertiary/aromatic N) is 5. The van der Waals surface area contributed by atoms with Gasteiger partial charge in [-0.1, -0.05) is 18.2 Å². The Morgan fingerprint density at radius 2 is 1.88 bits per heavy atom. The molecule has 8 heteroatoms. The third-order valence-electron chi connectivity index (χ3n) is 4.22. The lowest BCUT2D eigenvalue weighted by Crippen LogP contribution is -2.57. The molecule has 3 N–H and O–H groups in total. The number of rotatable bonds is 3. The number of aliphatic imine (C=N–C) groups is 2. The van der Waals surface area contributed by atoms with Crippen LogP contribution < -0.4 is 16.0 Å². The third kappa shape index (κ3) is 3.45. The Morgan fingerprint density at radius 3 is 2.62 bits per heavy atom. The van der Waals surface area contributed by atoms with E-state index in [9.17, 15) is 0 Å². The summed E-state index contributed by atoms with van der Waals surface area (Å²) in [6.07, 6.45) is 3.13. The minimum atomic E-state index is -0.419. The number of aromatic nitrogens is 1. The fourth-order valence-corrected chi connectivity index (χ4v) is 3.00. The van der Waals surface area contributed by atoms with Crippen molar-refractivity contribution in [2.45, 2.75) is 6.29 Å². The first-order valence-electron chi connectivity index (χ1n) is 8.57. The number of guanidine groups is 2. The predicted molar refractivity (Wildman–Crippen MR) is 102 cm³/mol. The number of ether oxygens (including phenoxy) is 1. The van der Waals surface area contributed by atoms with Crippen LogP contribution in [0.4, 0.5) is 11.4 Å². The van der Waals surface area contributed by atoms with Gasteiger partial charge in [-0.25, -0.2) is 4.99 Å². The second kappa shape index (κ2) is 7.40. The summed E-state index contributed by atoms with van der Waals surface area (Å²) < 4.78 is 5.48. The SMILES string of the molecule is NC1=NC(Nc2ccccc2)N(c2cccnc2)C(N2CCOCC2)=N1. The van der Waals surface area contributed by atoms with Gasteiger partial charge in [0.25, 0.3) is 0 Å². The van der Waals surface area contributed by atoms with Gasteiger partial charge in [0, 0.05) is 25.0 Å². The van der Waals surface area contributed by atoms with E-state index in [4.69, 9.17) is 10.5 Å². The van der Waals surface area contributed by atoms with Gasteiger partial charge in [0.15, 0.2) is 0 Å². The van der Waals surface area contributed by atoms with E-state index < -0.39 is 6.29 Å². The van der Waals surface area contributed by atoms with E-state index in [-0.39, 0.29) is 5.96 Å². The molecule has 0 bridgehead atoms. The number of anilines is 2. The molecule has 2 aliphatic heterocycles. The summed E-state index contributed by atoms with van der Waals surface area (Å²) in [5.74, 6) is 1.00. The smallest absolute Gasteiger partial charge is 0.222 e. The van der Waals surface area contributed by atoms with Gasteiger partial charge in [-0.15, -0.1) is 0 Å². The van der Waals surface area contributed by atoms with E-state index in [1.165, 1.54) is 0 Å². The zero-order valence-corrected chi connectivity index (χ0v) is 14.3. The predicted octanol–water partition coefficient (Wildman–Crippen LogP) is 1.30. The average Bonchev–Trinajstić information content (AvgIpc) is 2.70. The van der Waals surface area contributed by atoms with Crippen LogP contribution in [0.15, 0.2) is 64.8 Å². The molecule has 0 radical (unpaired) electrons. The summed E-state index contributed by atoms with van der Waals surface area (Å²) in [5, 5.41) is 3.42. The van der Waals surface area contributed by atoms with Crippen LogP contribution in [0.2, 0.25) is 0 Å². The zero-order chi connectivity index (χ0) is 17.8. The molecule has 0 amide bonds. The lowest BCUT2D eigenvalue weighted by molar-refractivity contribution is 0.0671. The van der Waals surface area contributed by atoms with E-state index in [0.29, 0.717) is 13.2 Å². The van der Waals surface area contributed by atoms with Crippen LogP contribution in [-0.4, -0.2) is 54.4 Å². The van der Waals surface area contributed by atoms with Crippen molar-refractivity contribution in [1.82, 2.24) is 9.88 Å². The molecule has 0 saturated carbocycles. The lowest BCUT2D eigenvalue weighted by Gasteiger charge is -2.40. The van der Waals surface area contributed by atoms with Crippen molar-refractivity contribution in [3.8, 4) is 0 Å². The molecular formula is C18H21N7O. The van der Waals surface area contributed by atoms with Crippen LogP contribution in [-0.2, 0) is 4.74 Å². The highest BCUT2D eigenvalue weighted by atomic mass is 16.5.